The maximum Gasteiger partial charge on any atom is 0.0636 e. The van der Waals surface area contributed by atoms with Gasteiger partial charge in [0.05, 0.1) is 5.71 Å². The van der Waals surface area contributed by atoms with Crippen molar-refractivity contribution in [2.75, 3.05) is 0 Å². The number of nitrogens with zero attached hydrogens (tertiary/aromatic N) is 1. The largest absolute Gasteiger partial charge is 0.411 e. The average molecular weight is 280 g/mol. The van der Waals surface area contributed by atoms with Gasteiger partial charge < -0.3 is 10.5 Å². The van der Waals surface area contributed by atoms with Crippen LogP contribution in [-0.4, -0.2) is 10.9 Å². The molecule has 2 aromatic carbocycles. The van der Waals surface area contributed by atoms with Crippen LogP contribution in [0.25, 0.3) is 0 Å². The molecule has 1 aliphatic rings. The van der Waals surface area contributed by atoms with E-state index >= 15 is 0 Å². The Morgan fingerprint density at radius 1 is 0.952 bits per heavy atom. The van der Waals surface area contributed by atoms with E-state index in [-0.39, 0.29) is 18.0 Å². The molecule has 1 saturated heterocycles. The first-order valence-corrected chi connectivity index (χ1v) is 7.36. The number of nitrogens with one attached hydrogen (secondary N) is 1. The predicted octanol–water partition coefficient (Wildman–Crippen LogP) is 3.93. The average Bonchev–Trinajstić information content (AvgIpc) is 2.56. The smallest absolute Gasteiger partial charge is 0.0636 e. The van der Waals surface area contributed by atoms with E-state index < -0.39 is 0 Å². The Balaban J connectivity index is 1.93. The minimum absolute atomic E-state index is 0.163. The quantitative estimate of drug-likeness (QED) is 0.646. The summed E-state index contributed by atoms with van der Waals surface area (Å²) in [5.41, 5.74) is 3.31. The van der Waals surface area contributed by atoms with Crippen LogP contribution in [0.15, 0.2) is 65.8 Å². The first-order chi connectivity index (χ1) is 10.3. The molecule has 108 valence electrons. The van der Waals surface area contributed by atoms with Crippen molar-refractivity contribution in [3.05, 3.63) is 71.8 Å². The third-order valence-electron chi connectivity index (χ3n) is 4.31. The van der Waals surface area contributed by atoms with Crippen molar-refractivity contribution in [2.24, 2.45) is 11.1 Å². The van der Waals surface area contributed by atoms with E-state index in [9.17, 15) is 5.21 Å². The van der Waals surface area contributed by atoms with Gasteiger partial charge in [0.25, 0.3) is 0 Å². The van der Waals surface area contributed by atoms with Crippen LogP contribution >= 0.6 is 0 Å². The molecule has 1 aliphatic heterocycles. The first kappa shape index (κ1) is 13.8. The highest BCUT2D eigenvalue weighted by molar-refractivity contribution is 5.88. The van der Waals surface area contributed by atoms with Crippen molar-refractivity contribution >= 4 is 5.71 Å². The van der Waals surface area contributed by atoms with Crippen molar-refractivity contribution < 1.29 is 5.21 Å². The van der Waals surface area contributed by atoms with Crippen LogP contribution in [0.4, 0.5) is 0 Å². The molecule has 0 spiro atoms. The lowest BCUT2D eigenvalue weighted by Crippen LogP contribution is -2.41. The van der Waals surface area contributed by atoms with E-state index in [0.717, 1.165) is 12.1 Å². The minimum Gasteiger partial charge on any atom is -0.411 e. The second-order valence-electron chi connectivity index (χ2n) is 5.60. The van der Waals surface area contributed by atoms with Crippen molar-refractivity contribution in [3.63, 3.8) is 0 Å². The number of benzene rings is 2. The molecular weight excluding hydrogens is 260 g/mol. The fourth-order valence-corrected chi connectivity index (χ4v) is 3.08. The highest BCUT2D eigenvalue weighted by Gasteiger charge is 2.33. The molecule has 0 saturated carbocycles. The number of rotatable bonds is 2. The summed E-state index contributed by atoms with van der Waals surface area (Å²) in [4.78, 5) is 0. The molecule has 0 amide bonds. The van der Waals surface area contributed by atoms with Gasteiger partial charge in [0.15, 0.2) is 0 Å². The maximum atomic E-state index is 9.35. The maximum absolute atomic E-state index is 9.35. The zero-order valence-corrected chi connectivity index (χ0v) is 12.1. The van der Waals surface area contributed by atoms with Gasteiger partial charge in [0.1, 0.15) is 0 Å². The van der Waals surface area contributed by atoms with E-state index in [1.54, 1.807) is 0 Å². The second kappa shape index (κ2) is 6.10. The van der Waals surface area contributed by atoms with Crippen LogP contribution in [0, 0.1) is 5.92 Å². The highest BCUT2D eigenvalue weighted by Crippen LogP contribution is 2.35. The van der Waals surface area contributed by atoms with Crippen molar-refractivity contribution in [2.45, 2.75) is 25.4 Å². The fraction of sp³-hybridized carbons (Fsp3) is 0.278. The Labute approximate surface area is 125 Å². The van der Waals surface area contributed by atoms with E-state index in [1.807, 2.05) is 36.4 Å². The van der Waals surface area contributed by atoms with Gasteiger partial charge in [-0.3, -0.25) is 0 Å². The van der Waals surface area contributed by atoms with Crippen molar-refractivity contribution in [3.8, 4) is 0 Å². The van der Waals surface area contributed by atoms with Crippen molar-refractivity contribution in [1.29, 1.82) is 0 Å². The molecule has 0 radical (unpaired) electrons. The molecule has 1 heterocycles. The third-order valence-corrected chi connectivity index (χ3v) is 4.31. The van der Waals surface area contributed by atoms with Crippen LogP contribution in [0.3, 0.4) is 0 Å². The summed E-state index contributed by atoms with van der Waals surface area (Å²) in [5.74, 6) is 0.178. The van der Waals surface area contributed by atoms with Gasteiger partial charge >= 0.3 is 0 Å². The van der Waals surface area contributed by atoms with Crippen LogP contribution < -0.4 is 5.32 Å². The lowest BCUT2D eigenvalue weighted by molar-refractivity contribution is 0.294. The monoisotopic (exact) mass is 280 g/mol. The summed E-state index contributed by atoms with van der Waals surface area (Å²) in [7, 11) is 0. The highest BCUT2D eigenvalue weighted by atomic mass is 16.4. The topological polar surface area (TPSA) is 44.6 Å². The molecule has 0 aliphatic carbocycles. The zero-order chi connectivity index (χ0) is 14.7. The molecule has 3 atom stereocenters. The van der Waals surface area contributed by atoms with Crippen molar-refractivity contribution in [1.82, 2.24) is 5.32 Å². The van der Waals surface area contributed by atoms with Gasteiger partial charge in [-0.05, 0) is 11.1 Å². The van der Waals surface area contributed by atoms with E-state index in [0.29, 0.717) is 0 Å². The SMILES string of the molecule is C[C@@H]1/C(=N\O)C[C@@H](c2ccccc2)N[C@@H]1c1ccccc1. The van der Waals surface area contributed by atoms with Gasteiger partial charge in [-0.25, -0.2) is 0 Å². The summed E-state index contributed by atoms with van der Waals surface area (Å²) < 4.78 is 0. The van der Waals surface area contributed by atoms with Crippen LogP contribution in [-0.2, 0) is 0 Å². The summed E-state index contributed by atoms with van der Waals surface area (Å²) in [6.45, 7) is 2.11. The van der Waals surface area contributed by atoms with Gasteiger partial charge in [-0.1, -0.05) is 72.7 Å². The molecule has 3 nitrogen and oxygen atoms in total. The standard InChI is InChI=1S/C18H20N2O/c1-13-16(20-21)12-17(14-8-4-2-5-9-14)19-18(13)15-10-6-3-7-11-15/h2-11,13,17-19,21H,12H2,1H3/b20-16-/t13-,17+,18+/m1/s1. The Kier molecular flexibility index (Phi) is 4.02. The molecule has 3 heteroatoms. The third kappa shape index (κ3) is 2.83. The molecule has 0 bridgehead atoms. The minimum atomic E-state index is 0.163. The number of piperidine rings is 1. The van der Waals surface area contributed by atoms with Gasteiger partial charge in [0, 0.05) is 24.4 Å². The first-order valence-electron chi connectivity index (χ1n) is 7.36. The molecule has 0 unspecified atom stereocenters. The van der Waals surface area contributed by atoms with Gasteiger partial charge in [0.2, 0.25) is 0 Å². The molecule has 21 heavy (non-hydrogen) atoms. The number of oxime groups is 1. The molecule has 0 aromatic heterocycles. The molecule has 2 N–H and O–H groups in total. The molecule has 3 rings (SSSR count). The number of hydrogen-bond acceptors (Lipinski definition) is 3. The van der Waals surface area contributed by atoms with E-state index in [1.165, 1.54) is 11.1 Å². The summed E-state index contributed by atoms with van der Waals surface area (Å²) in [6, 6.07) is 21.0. The summed E-state index contributed by atoms with van der Waals surface area (Å²) >= 11 is 0. The van der Waals surface area contributed by atoms with E-state index in [2.05, 4.69) is 41.7 Å². The Bertz CT molecular complexity index is 610. The normalized spacial score (nSPS) is 27.7. The fourth-order valence-electron chi connectivity index (χ4n) is 3.08. The Morgan fingerprint density at radius 3 is 2.10 bits per heavy atom. The molecular formula is C18H20N2O. The Morgan fingerprint density at radius 2 is 1.52 bits per heavy atom. The molecule has 1 fully saturated rings. The second-order valence-corrected chi connectivity index (χ2v) is 5.60. The molecule has 2 aromatic rings. The van der Waals surface area contributed by atoms with Gasteiger partial charge in [-0.15, -0.1) is 0 Å². The zero-order valence-electron chi connectivity index (χ0n) is 12.1. The summed E-state index contributed by atoms with van der Waals surface area (Å²) in [6.07, 6.45) is 0.741. The van der Waals surface area contributed by atoms with Crippen LogP contribution in [0.1, 0.15) is 36.6 Å². The van der Waals surface area contributed by atoms with Crippen LogP contribution in [0.5, 0.6) is 0 Å². The number of hydrogen-bond donors (Lipinski definition) is 2. The predicted molar refractivity (Wildman–Crippen MR) is 84.5 cm³/mol. The lowest BCUT2D eigenvalue weighted by atomic mass is 9.81. The summed E-state index contributed by atoms with van der Waals surface area (Å²) in [5, 5.41) is 16.6. The van der Waals surface area contributed by atoms with Crippen LogP contribution in [0.2, 0.25) is 0 Å². The lowest BCUT2D eigenvalue weighted by Gasteiger charge is -2.37. The van der Waals surface area contributed by atoms with E-state index in [4.69, 9.17) is 0 Å². The Hall–Kier alpha value is -2.13. The van der Waals surface area contributed by atoms with Gasteiger partial charge in [-0.2, -0.15) is 0 Å².